The van der Waals surface area contributed by atoms with E-state index < -0.39 is 0 Å². The topological polar surface area (TPSA) is 59.8 Å². The summed E-state index contributed by atoms with van der Waals surface area (Å²) in [5, 5.41) is 12.2. The van der Waals surface area contributed by atoms with Crippen LogP contribution >= 0.6 is 11.8 Å². The number of nitrogens with one attached hydrogen (secondary N) is 1. The Kier molecular flexibility index (Phi) is 5.86. The van der Waals surface area contributed by atoms with Crippen LogP contribution in [0.2, 0.25) is 0 Å². The molecule has 1 heterocycles. The van der Waals surface area contributed by atoms with E-state index >= 15 is 0 Å². The largest absolute Gasteiger partial charge is 0.352 e. The molecule has 0 bridgehead atoms. The van der Waals surface area contributed by atoms with E-state index in [4.69, 9.17) is 0 Å². The number of hydrogen-bond acceptors (Lipinski definition) is 4. The van der Waals surface area contributed by atoms with E-state index in [0.29, 0.717) is 11.7 Å². The molecule has 1 N–H and O–H groups in total. The van der Waals surface area contributed by atoms with E-state index in [1.54, 1.807) is 6.08 Å². The molecule has 0 aliphatic rings. The highest BCUT2D eigenvalue weighted by atomic mass is 32.2. The molecular formula is C20H20N4OS. The van der Waals surface area contributed by atoms with Gasteiger partial charge >= 0.3 is 0 Å². The van der Waals surface area contributed by atoms with Crippen LogP contribution in [0.25, 0.3) is 17.1 Å². The molecule has 0 fully saturated rings. The fraction of sp³-hybridized carbons (Fsp3) is 0.150. The highest BCUT2D eigenvalue weighted by Crippen LogP contribution is 2.28. The molecule has 1 aromatic heterocycles. The number of thioether (sulfide) groups is 1. The molecule has 3 rings (SSSR count). The summed E-state index contributed by atoms with van der Waals surface area (Å²) in [7, 11) is 0. The average molecular weight is 364 g/mol. The zero-order valence-corrected chi connectivity index (χ0v) is 15.4. The first-order valence-corrected chi connectivity index (χ1v) is 9.26. The maximum atomic E-state index is 11.9. The van der Waals surface area contributed by atoms with Gasteiger partial charge in [-0.15, -0.1) is 16.8 Å². The SMILES string of the molecule is C=CCNC(=O)CSc1nnc(-c2ccccc2)n1-c1cccc(C)c1. The van der Waals surface area contributed by atoms with Crippen molar-refractivity contribution in [2.24, 2.45) is 0 Å². The van der Waals surface area contributed by atoms with E-state index in [-0.39, 0.29) is 11.7 Å². The van der Waals surface area contributed by atoms with Crippen LogP contribution in [-0.2, 0) is 4.79 Å². The Hall–Kier alpha value is -2.86. The van der Waals surface area contributed by atoms with Gasteiger partial charge in [0.2, 0.25) is 5.91 Å². The molecule has 0 aliphatic carbocycles. The summed E-state index contributed by atoms with van der Waals surface area (Å²) >= 11 is 1.36. The molecule has 6 heteroatoms. The van der Waals surface area contributed by atoms with E-state index in [1.165, 1.54) is 11.8 Å². The van der Waals surface area contributed by atoms with E-state index in [2.05, 4.69) is 28.2 Å². The number of benzene rings is 2. The Bertz CT molecular complexity index is 905. The molecule has 0 aliphatic heterocycles. The Balaban J connectivity index is 1.96. The summed E-state index contributed by atoms with van der Waals surface area (Å²) in [6.45, 7) is 6.11. The Labute approximate surface area is 157 Å². The van der Waals surface area contributed by atoms with Crippen molar-refractivity contribution in [2.45, 2.75) is 12.1 Å². The molecular weight excluding hydrogens is 344 g/mol. The average Bonchev–Trinajstić information content (AvgIpc) is 3.09. The smallest absolute Gasteiger partial charge is 0.230 e. The predicted octanol–water partition coefficient (Wildman–Crippen LogP) is 3.64. The number of nitrogens with zero attached hydrogens (tertiary/aromatic N) is 3. The molecule has 5 nitrogen and oxygen atoms in total. The number of rotatable bonds is 7. The minimum absolute atomic E-state index is 0.0602. The summed E-state index contributed by atoms with van der Waals surface area (Å²) in [5.41, 5.74) is 3.10. The number of aryl methyl sites for hydroxylation is 1. The van der Waals surface area contributed by atoms with Gasteiger partial charge in [-0.05, 0) is 24.6 Å². The van der Waals surface area contributed by atoms with Gasteiger partial charge in [0.05, 0.1) is 5.75 Å². The fourth-order valence-corrected chi connectivity index (χ4v) is 3.29. The fourth-order valence-electron chi connectivity index (χ4n) is 2.50. The van der Waals surface area contributed by atoms with Crippen molar-refractivity contribution in [3.63, 3.8) is 0 Å². The summed E-state index contributed by atoms with van der Waals surface area (Å²) in [4.78, 5) is 11.9. The number of hydrogen-bond donors (Lipinski definition) is 1. The Morgan fingerprint density at radius 1 is 1.19 bits per heavy atom. The molecule has 1 amide bonds. The lowest BCUT2D eigenvalue weighted by molar-refractivity contribution is -0.118. The number of carbonyl (C=O) groups is 1. The van der Waals surface area contributed by atoms with Crippen LogP contribution < -0.4 is 5.32 Å². The molecule has 2 aromatic carbocycles. The summed E-state index contributed by atoms with van der Waals surface area (Å²) in [6.07, 6.45) is 1.66. The highest BCUT2D eigenvalue weighted by Gasteiger charge is 2.17. The summed E-state index contributed by atoms with van der Waals surface area (Å²) in [6, 6.07) is 18.1. The zero-order valence-electron chi connectivity index (χ0n) is 14.6. The maximum Gasteiger partial charge on any atom is 0.230 e. The maximum absolute atomic E-state index is 11.9. The first-order chi connectivity index (χ1) is 12.7. The van der Waals surface area contributed by atoms with Crippen LogP contribution in [0.15, 0.2) is 72.4 Å². The van der Waals surface area contributed by atoms with E-state index in [1.807, 2.05) is 60.0 Å². The van der Waals surface area contributed by atoms with Crippen LogP contribution in [0.1, 0.15) is 5.56 Å². The second kappa shape index (κ2) is 8.49. The van der Waals surface area contributed by atoms with Crippen molar-refractivity contribution in [3.05, 3.63) is 72.8 Å². The van der Waals surface area contributed by atoms with Crippen molar-refractivity contribution in [1.29, 1.82) is 0 Å². The normalized spacial score (nSPS) is 10.5. The third-order valence-electron chi connectivity index (χ3n) is 3.70. The van der Waals surface area contributed by atoms with Crippen LogP contribution in [0.3, 0.4) is 0 Å². The van der Waals surface area contributed by atoms with Gasteiger partial charge in [0.25, 0.3) is 0 Å². The van der Waals surface area contributed by atoms with Gasteiger partial charge in [0.1, 0.15) is 0 Å². The Morgan fingerprint density at radius 2 is 2.00 bits per heavy atom. The molecule has 3 aromatic rings. The van der Waals surface area contributed by atoms with Crippen LogP contribution in [0, 0.1) is 6.92 Å². The third kappa shape index (κ3) is 4.21. The lowest BCUT2D eigenvalue weighted by Gasteiger charge is -2.11. The van der Waals surface area contributed by atoms with Crippen molar-refractivity contribution in [1.82, 2.24) is 20.1 Å². The summed E-state index contributed by atoms with van der Waals surface area (Å²) < 4.78 is 1.99. The minimum Gasteiger partial charge on any atom is -0.352 e. The van der Waals surface area contributed by atoms with E-state index in [0.717, 1.165) is 22.6 Å². The van der Waals surface area contributed by atoms with Crippen LogP contribution in [0.4, 0.5) is 0 Å². The van der Waals surface area contributed by atoms with Gasteiger partial charge in [-0.25, -0.2) is 0 Å². The van der Waals surface area contributed by atoms with Gasteiger partial charge < -0.3 is 5.32 Å². The molecule has 132 valence electrons. The van der Waals surface area contributed by atoms with Crippen molar-refractivity contribution in [3.8, 4) is 17.1 Å². The van der Waals surface area contributed by atoms with Crippen LogP contribution in [0.5, 0.6) is 0 Å². The number of amides is 1. The third-order valence-corrected chi connectivity index (χ3v) is 4.63. The van der Waals surface area contributed by atoms with Crippen molar-refractivity contribution < 1.29 is 4.79 Å². The number of aromatic nitrogens is 3. The second-order valence-electron chi connectivity index (χ2n) is 5.73. The molecule has 0 atom stereocenters. The quantitative estimate of drug-likeness (QED) is 0.514. The van der Waals surface area contributed by atoms with Crippen molar-refractivity contribution >= 4 is 17.7 Å². The van der Waals surface area contributed by atoms with E-state index in [9.17, 15) is 4.79 Å². The first kappa shape index (κ1) is 17.9. The molecule has 0 unspecified atom stereocenters. The molecule has 0 spiro atoms. The standard InChI is InChI=1S/C20H20N4OS/c1-3-12-21-18(25)14-26-20-23-22-19(16-9-5-4-6-10-16)24(20)17-11-7-8-15(2)13-17/h3-11,13H,1,12,14H2,2H3,(H,21,25). The number of carbonyl (C=O) groups excluding carboxylic acids is 1. The monoisotopic (exact) mass is 364 g/mol. The predicted molar refractivity (Wildman–Crippen MR) is 105 cm³/mol. The highest BCUT2D eigenvalue weighted by molar-refractivity contribution is 7.99. The van der Waals surface area contributed by atoms with Gasteiger partial charge in [0, 0.05) is 17.8 Å². The van der Waals surface area contributed by atoms with Crippen molar-refractivity contribution in [2.75, 3.05) is 12.3 Å². The minimum atomic E-state index is -0.0602. The lowest BCUT2D eigenvalue weighted by atomic mass is 10.2. The molecule has 0 saturated carbocycles. The van der Waals surface area contributed by atoms with Gasteiger partial charge in [-0.1, -0.05) is 60.3 Å². The van der Waals surface area contributed by atoms with Gasteiger partial charge in [0.15, 0.2) is 11.0 Å². The molecule has 0 saturated heterocycles. The van der Waals surface area contributed by atoms with Gasteiger partial charge in [-0.2, -0.15) is 0 Å². The second-order valence-corrected chi connectivity index (χ2v) is 6.67. The lowest BCUT2D eigenvalue weighted by Crippen LogP contribution is -2.25. The van der Waals surface area contributed by atoms with Crippen LogP contribution in [-0.4, -0.2) is 33.0 Å². The Morgan fingerprint density at radius 3 is 2.73 bits per heavy atom. The zero-order chi connectivity index (χ0) is 18.4. The molecule has 26 heavy (non-hydrogen) atoms. The molecule has 0 radical (unpaired) electrons. The van der Waals surface area contributed by atoms with Gasteiger partial charge in [-0.3, -0.25) is 9.36 Å². The first-order valence-electron chi connectivity index (χ1n) is 8.27. The summed E-state index contributed by atoms with van der Waals surface area (Å²) in [5.74, 6) is 0.965.